The Kier molecular flexibility index (Phi) is 5.34. The largest absolute Gasteiger partial charge is 0.490 e. The lowest BCUT2D eigenvalue weighted by molar-refractivity contribution is 0.261. The molecule has 0 amide bonds. The minimum absolute atomic E-state index is 0.667. The maximum atomic E-state index is 5.74. The first-order chi connectivity index (χ1) is 8.90. The molecule has 1 aliphatic rings. The zero-order chi connectivity index (χ0) is 12.6. The molecule has 1 aromatic rings. The van der Waals surface area contributed by atoms with Crippen molar-refractivity contribution in [2.24, 2.45) is 5.92 Å². The molecule has 3 nitrogen and oxygen atoms in total. The first-order valence-corrected chi connectivity index (χ1v) is 6.95. The summed E-state index contributed by atoms with van der Waals surface area (Å²) in [5.74, 6) is 2.57. The summed E-state index contributed by atoms with van der Waals surface area (Å²) in [6, 6.07) is 7.84. The van der Waals surface area contributed by atoms with E-state index in [4.69, 9.17) is 9.47 Å². The predicted molar refractivity (Wildman–Crippen MR) is 73.3 cm³/mol. The van der Waals surface area contributed by atoms with Crippen LogP contribution in [0.3, 0.4) is 0 Å². The Balaban J connectivity index is 1.65. The Labute approximate surface area is 109 Å². The fraction of sp³-hybridized carbons (Fsp3) is 0.600. The van der Waals surface area contributed by atoms with Crippen molar-refractivity contribution < 1.29 is 9.47 Å². The highest BCUT2D eigenvalue weighted by molar-refractivity contribution is 5.39. The molecule has 0 saturated heterocycles. The Morgan fingerprint density at radius 3 is 2.50 bits per heavy atom. The lowest BCUT2D eigenvalue weighted by atomic mass is 9.85. The van der Waals surface area contributed by atoms with Crippen LogP contribution >= 0.6 is 0 Å². The Morgan fingerprint density at radius 2 is 1.89 bits per heavy atom. The van der Waals surface area contributed by atoms with Gasteiger partial charge in [0.25, 0.3) is 0 Å². The monoisotopic (exact) mass is 249 g/mol. The van der Waals surface area contributed by atoms with Gasteiger partial charge in [0.1, 0.15) is 6.61 Å². The topological polar surface area (TPSA) is 30.5 Å². The summed E-state index contributed by atoms with van der Waals surface area (Å²) in [7, 11) is 0. The highest BCUT2D eigenvalue weighted by Gasteiger charge is 2.16. The van der Waals surface area contributed by atoms with Crippen LogP contribution in [0.2, 0.25) is 0 Å². The number of benzene rings is 1. The summed E-state index contributed by atoms with van der Waals surface area (Å²) < 4.78 is 11.2. The molecule has 0 unspecified atom stereocenters. The fourth-order valence-electron chi connectivity index (χ4n) is 2.08. The van der Waals surface area contributed by atoms with E-state index in [-0.39, 0.29) is 0 Å². The van der Waals surface area contributed by atoms with Crippen LogP contribution in [0.1, 0.15) is 26.2 Å². The smallest absolute Gasteiger partial charge is 0.161 e. The van der Waals surface area contributed by atoms with Crippen LogP contribution in [0.4, 0.5) is 0 Å². The molecule has 0 aliphatic heterocycles. The first-order valence-electron chi connectivity index (χ1n) is 6.95. The highest BCUT2D eigenvalue weighted by Crippen LogP contribution is 2.26. The van der Waals surface area contributed by atoms with Crippen LogP contribution in [0.15, 0.2) is 24.3 Å². The lowest BCUT2D eigenvalue weighted by Gasteiger charge is -2.25. The quantitative estimate of drug-likeness (QED) is 0.719. The number of rotatable bonds is 8. The first kappa shape index (κ1) is 13.2. The van der Waals surface area contributed by atoms with E-state index < -0.39 is 0 Å². The van der Waals surface area contributed by atoms with E-state index in [1.807, 2.05) is 31.2 Å². The number of para-hydroxylation sites is 2. The van der Waals surface area contributed by atoms with Crippen molar-refractivity contribution in [2.45, 2.75) is 26.2 Å². The van der Waals surface area contributed by atoms with Crippen LogP contribution in [0.5, 0.6) is 11.5 Å². The molecule has 2 rings (SSSR count). The van der Waals surface area contributed by atoms with Gasteiger partial charge < -0.3 is 14.8 Å². The minimum atomic E-state index is 0.667. The molecule has 1 N–H and O–H groups in total. The summed E-state index contributed by atoms with van der Waals surface area (Å²) in [5.41, 5.74) is 0. The average Bonchev–Trinajstić information content (AvgIpc) is 2.33. The molecular formula is C15H23NO2. The van der Waals surface area contributed by atoms with Crippen molar-refractivity contribution in [1.82, 2.24) is 5.32 Å². The molecular weight excluding hydrogens is 226 g/mol. The van der Waals surface area contributed by atoms with Crippen LogP contribution in [0.25, 0.3) is 0 Å². The van der Waals surface area contributed by atoms with Gasteiger partial charge in [0, 0.05) is 6.54 Å². The molecule has 0 atom stereocenters. The van der Waals surface area contributed by atoms with Crippen molar-refractivity contribution in [1.29, 1.82) is 0 Å². The minimum Gasteiger partial charge on any atom is -0.490 e. The molecule has 0 bridgehead atoms. The maximum Gasteiger partial charge on any atom is 0.161 e. The third-order valence-corrected chi connectivity index (χ3v) is 3.34. The Bertz CT molecular complexity index is 350. The molecule has 1 saturated carbocycles. The molecule has 0 heterocycles. The molecule has 100 valence electrons. The fourth-order valence-corrected chi connectivity index (χ4v) is 2.08. The van der Waals surface area contributed by atoms with Crippen molar-refractivity contribution in [3.05, 3.63) is 24.3 Å². The molecule has 1 aliphatic carbocycles. The van der Waals surface area contributed by atoms with E-state index in [0.29, 0.717) is 13.2 Å². The zero-order valence-electron chi connectivity index (χ0n) is 11.2. The second-order valence-electron chi connectivity index (χ2n) is 4.73. The van der Waals surface area contributed by atoms with Crippen LogP contribution in [0, 0.1) is 5.92 Å². The maximum absolute atomic E-state index is 5.74. The van der Waals surface area contributed by atoms with Crippen molar-refractivity contribution in [3.63, 3.8) is 0 Å². The summed E-state index contributed by atoms with van der Waals surface area (Å²) in [4.78, 5) is 0. The van der Waals surface area contributed by atoms with Gasteiger partial charge in [-0.15, -0.1) is 0 Å². The Morgan fingerprint density at radius 1 is 1.17 bits per heavy atom. The summed E-state index contributed by atoms with van der Waals surface area (Å²) in [5, 5.41) is 3.44. The normalized spacial score (nSPS) is 15.2. The molecule has 1 fully saturated rings. The van der Waals surface area contributed by atoms with Crippen molar-refractivity contribution >= 4 is 0 Å². The standard InChI is InChI=1S/C15H23NO2/c1-2-17-14-8-3-4-9-15(14)18-11-10-16-12-13-6-5-7-13/h3-4,8-9,13,16H,2,5-7,10-12H2,1H3. The van der Waals surface area contributed by atoms with Gasteiger partial charge in [0.15, 0.2) is 11.5 Å². The van der Waals surface area contributed by atoms with Crippen LogP contribution in [-0.2, 0) is 0 Å². The van der Waals surface area contributed by atoms with Gasteiger partial charge >= 0.3 is 0 Å². The van der Waals surface area contributed by atoms with Gasteiger partial charge in [0.2, 0.25) is 0 Å². The number of hydrogen-bond acceptors (Lipinski definition) is 3. The van der Waals surface area contributed by atoms with E-state index in [9.17, 15) is 0 Å². The molecule has 3 heteroatoms. The van der Waals surface area contributed by atoms with Gasteiger partial charge in [0.05, 0.1) is 6.61 Å². The molecule has 0 radical (unpaired) electrons. The molecule has 0 aromatic heterocycles. The number of nitrogens with one attached hydrogen (secondary N) is 1. The SMILES string of the molecule is CCOc1ccccc1OCCNCC1CCC1. The van der Waals surface area contributed by atoms with Gasteiger partial charge in [-0.05, 0) is 44.4 Å². The lowest BCUT2D eigenvalue weighted by Crippen LogP contribution is -2.30. The van der Waals surface area contributed by atoms with Crippen LogP contribution < -0.4 is 14.8 Å². The second kappa shape index (κ2) is 7.27. The highest BCUT2D eigenvalue weighted by atomic mass is 16.5. The van der Waals surface area contributed by atoms with Crippen LogP contribution in [-0.4, -0.2) is 26.3 Å². The van der Waals surface area contributed by atoms with Crippen molar-refractivity contribution in [3.8, 4) is 11.5 Å². The van der Waals surface area contributed by atoms with E-state index in [1.165, 1.54) is 19.3 Å². The van der Waals surface area contributed by atoms with Gasteiger partial charge in [-0.3, -0.25) is 0 Å². The summed E-state index contributed by atoms with van der Waals surface area (Å²) in [6.07, 6.45) is 4.19. The molecule has 1 aromatic carbocycles. The van der Waals surface area contributed by atoms with Gasteiger partial charge in [-0.2, -0.15) is 0 Å². The molecule has 18 heavy (non-hydrogen) atoms. The van der Waals surface area contributed by atoms with Crippen molar-refractivity contribution in [2.75, 3.05) is 26.3 Å². The second-order valence-corrected chi connectivity index (χ2v) is 4.73. The van der Waals surface area contributed by atoms with E-state index >= 15 is 0 Å². The van der Waals surface area contributed by atoms with E-state index in [0.717, 1.165) is 30.5 Å². The molecule has 0 spiro atoms. The predicted octanol–water partition coefficient (Wildman–Crippen LogP) is 2.85. The third kappa shape index (κ3) is 3.91. The van der Waals surface area contributed by atoms with Gasteiger partial charge in [-0.25, -0.2) is 0 Å². The number of hydrogen-bond donors (Lipinski definition) is 1. The van der Waals surface area contributed by atoms with E-state index in [2.05, 4.69) is 5.32 Å². The van der Waals surface area contributed by atoms with E-state index in [1.54, 1.807) is 0 Å². The zero-order valence-corrected chi connectivity index (χ0v) is 11.2. The summed E-state index contributed by atoms with van der Waals surface area (Å²) in [6.45, 7) is 5.38. The third-order valence-electron chi connectivity index (χ3n) is 3.34. The Hall–Kier alpha value is -1.22. The number of ether oxygens (including phenoxy) is 2. The van der Waals surface area contributed by atoms with Gasteiger partial charge in [-0.1, -0.05) is 18.6 Å². The summed E-state index contributed by atoms with van der Waals surface area (Å²) >= 11 is 0. The average molecular weight is 249 g/mol.